The Labute approximate surface area is 200 Å². The van der Waals surface area contributed by atoms with Gasteiger partial charge in [0.2, 0.25) is 5.91 Å². The van der Waals surface area contributed by atoms with Crippen LogP contribution in [-0.4, -0.2) is 50.1 Å². The average Bonchev–Trinajstić information content (AvgIpc) is 2.78. The summed E-state index contributed by atoms with van der Waals surface area (Å²) in [6.45, 7) is 4.75. The molecule has 4 aliphatic carbocycles. The average molecular weight is 479 g/mol. The molecule has 3 N–H and O–H groups in total. The van der Waals surface area contributed by atoms with Crippen LogP contribution in [0.1, 0.15) is 50.5 Å². The number of hydrogen-bond acceptors (Lipinski definition) is 4. The highest BCUT2D eigenvalue weighted by molar-refractivity contribution is 5.79. The fraction of sp³-hybridized carbons (Fsp3) is 0.731. The van der Waals surface area contributed by atoms with Crippen molar-refractivity contribution in [3.05, 3.63) is 23.8 Å². The molecule has 8 heteroatoms. The van der Waals surface area contributed by atoms with Crippen LogP contribution in [0.2, 0.25) is 0 Å². The van der Waals surface area contributed by atoms with Crippen LogP contribution in [0, 0.1) is 29.6 Å². The maximum absolute atomic E-state index is 13.2. The van der Waals surface area contributed by atoms with E-state index >= 15 is 0 Å². The van der Waals surface area contributed by atoms with Crippen molar-refractivity contribution in [1.29, 1.82) is 0 Å². The van der Waals surface area contributed by atoms with Crippen LogP contribution in [0.15, 0.2) is 18.2 Å². The van der Waals surface area contributed by atoms with Crippen LogP contribution < -0.4 is 16.0 Å². The monoisotopic (exact) mass is 478 g/mol. The second-order valence-corrected chi connectivity index (χ2v) is 11.1. The first-order chi connectivity index (χ1) is 16.3. The molecule has 4 bridgehead atoms. The van der Waals surface area contributed by atoms with Crippen LogP contribution in [0.5, 0.6) is 0 Å². The lowest BCUT2D eigenvalue weighted by atomic mass is 9.51. The van der Waals surface area contributed by atoms with Gasteiger partial charge in [-0.3, -0.25) is 9.69 Å². The van der Waals surface area contributed by atoms with Gasteiger partial charge in [-0.15, -0.1) is 0 Å². The Hall–Kier alpha value is -1.96. The van der Waals surface area contributed by atoms with Gasteiger partial charge in [0.15, 0.2) is 0 Å². The molecule has 1 aromatic rings. The smallest absolute Gasteiger partial charge is 0.398 e. The maximum atomic E-state index is 13.2. The zero-order valence-corrected chi connectivity index (χ0v) is 19.8. The third-order valence-electron chi connectivity index (χ3n) is 8.81. The van der Waals surface area contributed by atoms with Crippen molar-refractivity contribution in [2.75, 3.05) is 49.9 Å². The van der Waals surface area contributed by atoms with Crippen LogP contribution in [-0.2, 0) is 11.0 Å². The highest BCUT2D eigenvalue weighted by atomic mass is 19.4. The van der Waals surface area contributed by atoms with E-state index in [4.69, 9.17) is 5.73 Å². The van der Waals surface area contributed by atoms with E-state index in [1.807, 2.05) is 4.90 Å². The van der Waals surface area contributed by atoms with Crippen LogP contribution in [0.25, 0.3) is 0 Å². The molecule has 4 saturated carbocycles. The number of hydrogen-bond donors (Lipinski definition) is 2. The number of amides is 1. The van der Waals surface area contributed by atoms with E-state index in [9.17, 15) is 18.0 Å². The largest absolute Gasteiger partial charge is 0.418 e. The molecule has 1 heterocycles. The molecule has 0 aromatic heterocycles. The Morgan fingerprint density at radius 1 is 0.971 bits per heavy atom. The number of nitrogen functional groups attached to an aromatic ring is 1. The Morgan fingerprint density at radius 2 is 1.62 bits per heavy atom. The number of nitrogens with one attached hydrogen (secondary N) is 1. The highest BCUT2D eigenvalue weighted by Crippen LogP contribution is 2.56. The minimum atomic E-state index is -4.44. The predicted octanol–water partition coefficient (Wildman–Crippen LogP) is 4.38. The Balaban J connectivity index is 1.00. The molecular weight excluding hydrogens is 441 g/mol. The van der Waals surface area contributed by atoms with Crippen molar-refractivity contribution in [1.82, 2.24) is 10.2 Å². The number of nitrogens with two attached hydrogens (primary N) is 1. The number of halogens is 3. The van der Waals surface area contributed by atoms with E-state index in [-0.39, 0.29) is 11.6 Å². The molecule has 5 aliphatic rings. The molecule has 0 spiro atoms. The van der Waals surface area contributed by atoms with Gasteiger partial charge in [-0.1, -0.05) is 0 Å². The molecule has 1 amide bonds. The summed E-state index contributed by atoms with van der Waals surface area (Å²) < 4.78 is 39.5. The number of rotatable bonds is 7. The molecule has 188 valence electrons. The van der Waals surface area contributed by atoms with Crippen molar-refractivity contribution in [3.8, 4) is 0 Å². The zero-order valence-electron chi connectivity index (χ0n) is 19.8. The summed E-state index contributed by atoms with van der Waals surface area (Å²) in [7, 11) is 0. The van der Waals surface area contributed by atoms with Crippen LogP contribution >= 0.6 is 0 Å². The van der Waals surface area contributed by atoms with Crippen molar-refractivity contribution in [2.24, 2.45) is 29.6 Å². The molecule has 0 unspecified atom stereocenters. The molecule has 0 radical (unpaired) electrons. The number of piperazine rings is 1. The van der Waals surface area contributed by atoms with E-state index in [2.05, 4.69) is 10.2 Å². The van der Waals surface area contributed by atoms with Gasteiger partial charge in [-0.25, -0.2) is 0 Å². The third kappa shape index (κ3) is 5.02. The summed E-state index contributed by atoms with van der Waals surface area (Å²) in [4.78, 5) is 17.2. The summed E-state index contributed by atoms with van der Waals surface area (Å²) in [5.74, 6) is 3.58. The topological polar surface area (TPSA) is 61.6 Å². The van der Waals surface area contributed by atoms with Crippen molar-refractivity contribution in [3.63, 3.8) is 0 Å². The maximum Gasteiger partial charge on any atom is 0.418 e. The second kappa shape index (κ2) is 9.59. The van der Waals surface area contributed by atoms with Crippen molar-refractivity contribution >= 4 is 17.3 Å². The minimum Gasteiger partial charge on any atom is -0.398 e. The molecule has 1 aliphatic heterocycles. The number of nitrogens with zero attached hydrogens (tertiary/aromatic N) is 2. The molecule has 34 heavy (non-hydrogen) atoms. The van der Waals surface area contributed by atoms with Gasteiger partial charge in [0.25, 0.3) is 0 Å². The van der Waals surface area contributed by atoms with Gasteiger partial charge < -0.3 is 16.0 Å². The lowest BCUT2D eigenvalue weighted by Crippen LogP contribution is -2.51. The van der Waals surface area contributed by atoms with E-state index in [1.54, 1.807) is 6.07 Å². The Bertz CT molecular complexity index is 853. The molecule has 1 aromatic carbocycles. The summed E-state index contributed by atoms with van der Waals surface area (Å²) >= 11 is 0. The molecule has 0 atom stereocenters. The van der Waals surface area contributed by atoms with Crippen LogP contribution in [0.3, 0.4) is 0 Å². The zero-order chi connectivity index (χ0) is 23.9. The molecule has 5 fully saturated rings. The predicted molar refractivity (Wildman–Crippen MR) is 127 cm³/mol. The lowest BCUT2D eigenvalue weighted by molar-refractivity contribution is -0.138. The number of unbranched alkanes of at least 4 members (excludes halogenated alkanes) is 1. The van der Waals surface area contributed by atoms with Gasteiger partial charge in [-0.05, 0) is 93.4 Å². The Kier molecular flexibility index (Phi) is 6.70. The quantitative estimate of drug-likeness (QED) is 0.451. The summed E-state index contributed by atoms with van der Waals surface area (Å²) in [5, 5.41) is 3.23. The van der Waals surface area contributed by atoms with Gasteiger partial charge in [0, 0.05) is 50.0 Å². The first-order valence-electron chi connectivity index (χ1n) is 13.0. The first-order valence-corrected chi connectivity index (χ1v) is 13.0. The van der Waals surface area contributed by atoms with Gasteiger partial charge in [0.05, 0.1) is 5.56 Å². The number of carbonyl (C=O) groups excluding carboxylic acids is 1. The Morgan fingerprint density at radius 3 is 2.24 bits per heavy atom. The second-order valence-electron chi connectivity index (χ2n) is 11.1. The fourth-order valence-corrected chi connectivity index (χ4v) is 7.36. The summed E-state index contributed by atoms with van der Waals surface area (Å²) in [6, 6.07) is 4.19. The number of alkyl halides is 3. The van der Waals surface area contributed by atoms with Crippen molar-refractivity contribution in [2.45, 2.75) is 51.1 Å². The summed E-state index contributed by atoms with van der Waals surface area (Å²) in [6.07, 6.45) is 4.03. The lowest BCUT2D eigenvalue weighted by Gasteiger charge is -2.53. The van der Waals surface area contributed by atoms with Crippen molar-refractivity contribution < 1.29 is 18.0 Å². The van der Waals surface area contributed by atoms with Gasteiger partial charge in [-0.2, -0.15) is 13.2 Å². The molecular formula is C26H37F3N4O. The highest BCUT2D eigenvalue weighted by Gasteiger charge is 2.50. The number of benzene rings is 1. The number of anilines is 2. The van der Waals surface area contributed by atoms with E-state index in [1.165, 1.54) is 38.2 Å². The van der Waals surface area contributed by atoms with E-state index in [0.717, 1.165) is 56.9 Å². The third-order valence-corrected chi connectivity index (χ3v) is 8.81. The number of carbonyl (C=O) groups is 1. The van der Waals surface area contributed by atoms with Gasteiger partial charge in [0.1, 0.15) is 0 Å². The standard InChI is InChI=1S/C26H37F3N4O/c27-26(28,29)22-16-21(3-4-23(22)30)33-9-7-32(8-10-33)6-2-1-5-31-25(34)24-19-12-17-11-18(14-19)15-20(24)13-17/h3-4,16-20,24H,1-2,5-15,30H2,(H,31,34). The molecule has 1 saturated heterocycles. The first kappa shape index (κ1) is 23.8. The normalized spacial score (nSPS) is 31.1. The molecule has 5 nitrogen and oxygen atoms in total. The molecule has 6 rings (SSSR count). The van der Waals surface area contributed by atoms with Crippen LogP contribution in [0.4, 0.5) is 24.5 Å². The fourth-order valence-electron chi connectivity index (χ4n) is 7.36. The minimum absolute atomic E-state index is 0.231. The summed E-state index contributed by atoms with van der Waals surface area (Å²) in [5.41, 5.74) is 5.11. The van der Waals surface area contributed by atoms with E-state index < -0.39 is 11.7 Å². The van der Waals surface area contributed by atoms with E-state index in [0.29, 0.717) is 36.5 Å². The van der Waals surface area contributed by atoms with Gasteiger partial charge >= 0.3 is 6.18 Å². The SMILES string of the molecule is Nc1ccc(N2CCN(CCCCNC(=O)C3C4CC5CC(C4)CC3C5)CC2)cc1C(F)(F)F.